The number of carbonyl (C=O) groups is 1. The van der Waals surface area contributed by atoms with Crippen molar-refractivity contribution in [3.8, 4) is 0 Å². The SMILES string of the molecule is CC(Cc1ccsc1)NC(=O)C1(/C(N)=N/O)CC1. The maximum absolute atomic E-state index is 12.1. The number of hydrogen-bond acceptors (Lipinski definition) is 4. The van der Waals surface area contributed by atoms with Gasteiger partial charge in [0.25, 0.3) is 0 Å². The summed E-state index contributed by atoms with van der Waals surface area (Å²) in [5.41, 5.74) is 6.01. The minimum Gasteiger partial charge on any atom is -0.409 e. The van der Waals surface area contributed by atoms with Crippen molar-refractivity contribution >= 4 is 23.1 Å². The van der Waals surface area contributed by atoms with Crippen LogP contribution < -0.4 is 11.1 Å². The first-order chi connectivity index (χ1) is 8.58. The molecule has 1 aromatic rings. The van der Waals surface area contributed by atoms with Gasteiger partial charge in [0.05, 0.1) is 0 Å². The molecule has 6 heteroatoms. The Morgan fingerprint density at radius 1 is 1.72 bits per heavy atom. The van der Waals surface area contributed by atoms with Crippen molar-refractivity contribution in [3.63, 3.8) is 0 Å². The van der Waals surface area contributed by atoms with Crippen molar-refractivity contribution in [2.24, 2.45) is 16.3 Å². The molecule has 1 saturated carbocycles. The topological polar surface area (TPSA) is 87.7 Å². The number of nitrogens with zero attached hydrogens (tertiary/aromatic N) is 1. The molecule has 18 heavy (non-hydrogen) atoms. The van der Waals surface area contributed by atoms with Gasteiger partial charge in [-0.05, 0) is 48.6 Å². The van der Waals surface area contributed by atoms with Gasteiger partial charge >= 0.3 is 0 Å². The maximum atomic E-state index is 12.1. The largest absolute Gasteiger partial charge is 0.409 e. The van der Waals surface area contributed by atoms with Crippen molar-refractivity contribution in [1.82, 2.24) is 5.32 Å². The van der Waals surface area contributed by atoms with Gasteiger partial charge in [-0.2, -0.15) is 11.3 Å². The van der Waals surface area contributed by atoms with Crippen LogP contribution in [0.1, 0.15) is 25.3 Å². The minimum atomic E-state index is -0.766. The van der Waals surface area contributed by atoms with Crippen LogP contribution in [-0.4, -0.2) is 23.0 Å². The molecule has 0 saturated heterocycles. The number of nitrogens with two attached hydrogens (primary N) is 1. The average Bonchev–Trinajstić information content (AvgIpc) is 3.01. The van der Waals surface area contributed by atoms with Gasteiger partial charge in [0.2, 0.25) is 5.91 Å². The minimum absolute atomic E-state index is 0.0164. The van der Waals surface area contributed by atoms with E-state index in [1.54, 1.807) is 11.3 Å². The van der Waals surface area contributed by atoms with E-state index in [0.717, 1.165) is 6.42 Å². The van der Waals surface area contributed by atoms with Crippen LogP contribution in [0.15, 0.2) is 22.0 Å². The molecule has 1 aromatic heterocycles. The van der Waals surface area contributed by atoms with E-state index < -0.39 is 5.41 Å². The summed E-state index contributed by atoms with van der Waals surface area (Å²) < 4.78 is 0. The summed E-state index contributed by atoms with van der Waals surface area (Å²) in [4.78, 5) is 12.1. The number of amidine groups is 1. The van der Waals surface area contributed by atoms with Crippen LogP contribution in [0.2, 0.25) is 0 Å². The molecule has 0 radical (unpaired) electrons. The Bertz CT molecular complexity index is 452. The highest BCUT2D eigenvalue weighted by atomic mass is 32.1. The molecule has 1 aliphatic carbocycles. The lowest BCUT2D eigenvalue weighted by Crippen LogP contribution is -2.44. The van der Waals surface area contributed by atoms with Crippen LogP contribution in [0.25, 0.3) is 0 Å². The molecule has 1 unspecified atom stereocenters. The van der Waals surface area contributed by atoms with E-state index in [1.807, 2.05) is 18.4 Å². The van der Waals surface area contributed by atoms with E-state index >= 15 is 0 Å². The Labute approximate surface area is 110 Å². The summed E-state index contributed by atoms with van der Waals surface area (Å²) in [6.07, 6.45) is 2.10. The van der Waals surface area contributed by atoms with E-state index in [9.17, 15) is 4.79 Å². The second-order valence-corrected chi connectivity index (χ2v) is 5.56. The Kier molecular flexibility index (Phi) is 3.56. The summed E-state index contributed by atoms with van der Waals surface area (Å²) in [6, 6.07) is 2.08. The van der Waals surface area contributed by atoms with Crippen molar-refractivity contribution in [2.75, 3.05) is 0 Å². The Hall–Kier alpha value is -1.56. The summed E-state index contributed by atoms with van der Waals surface area (Å²) >= 11 is 1.64. The zero-order valence-electron chi connectivity index (χ0n) is 10.2. The van der Waals surface area contributed by atoms with E-state index in [-0.39, 0.29) is 17.8 Å². The zero-order valence-corrected chi connectivity index (χ0v) is 11.0. The number of thiophene rings is 1. The van der Waals surface area contributed by atoms with E-state index in [4.69, 9.17) is 10.9 Å². The third kappa shape index (κ3) is 2.48. The first kappa shape index (κ1) is 12.9. The fraction of sp³-hybridized carbons (Fsp3) is 0.500. The lowest BCUT2D eigenvalue weighted by molar-refractivity contribution is -0.124. The van der Waals surface area contributed by atoms with Gasteiger partial charge < -0.3 is 16.3 Å². The molecule has 0 spiro atoms. The fourth-order valence-electron chi connectivity index (χ4n) is 2.00. The molecule has 0 aliphatic heterocycles. The monoisotopic (exact) mass is 267 g/mol. The molecule has 1 atom stereocenters. The highest BCUT2D eigenvalue weighted by molar-refractivity contribution is 7.07. The maximum Gasteiger partial charge on any atom is 0.234 e. The second kappa shape index (κ2) is 4.97. The lowest BCUT2D eigenvalue weighted by atomic mass is 10.0. The average molecular weight is 267 g/mol. The van der Waals surface area contributed by atoms with Gasteiger partial charge in [-0.15, -0.1) is 0 Å². The number of oxime groups is 1. The zero-order chi connectivity index (χ0) is 13.2. The van der Waals surface area contributed by atoms with E-state index in [0.29, 0.717) is 12.8 Å². The van der Waals surface area contributed by atoms with Crippen LogP contribution >= 0.6 is 11.3 Å². The molecular formula is C12H17N3O2S. The van der Waals surface area contributed by atoms with Crippen molar-refractivity contribution in [1.29, 1.82) is 0 Å². The number of amides is 1. The lowest BCUT2D eigenvalue weighted by Gasteiger charge is -2.18. The van der Waals surface area contributed by atoms with Crippen LogP contribution in [0.4, 0.5) is 0 Å². The third-order valence-corrected chi connectivity index (χ3v) is 4.01. The molecule has 5 nitrogen and oxygen atoms in total. The normalized spacial score (nSPS) is 19.3. The van der Waals surface area contributed by atoms with Crippen LogP contribution in [0, 0.1) is 5.41 Å². The molecule has 1 fully saturated rings. The third-order valence-electron chi connectivity index (χ3n) is 3.28. The van der Waals surface area contributed by atoms with Gasteiger partial charge in [-0.3, -0.25) is 4.79 Å². The first-order valence-electron chi connectivity index (χ1n) is 5.88. The second-order valence-electron chi connectivity index (χ2n) is 4.78. The van der Waals surface area contributed by atoms with Crippen LogP contribution in [0.3, 0.4) is 0 Å². The highest BCUT2D eigenvalue weighted by Crippen LogP contribution is 2.46. The predicted octanol–water partition coefficient (Wildman–Crippen LogP) is 1.32. The fourth-order valence-corrected chi connectivity index (χ4v) is 2.68. The molecule has 1 amide bonds. The number of rotatable bonds is 5. The number of hydrogen-bond donors (Lipinski definition) is 3. The van der Waals surface area contributed by atoms with Crippen molar-refractivity contribution < 1.29 is 10.0 Å². The molecule has 0 aromatic carbocycles. The summed E-state index contributed by atoms with van der Waals surface area (Å²) in [7, 11) is 0. The van der Waals surface area contributed by atoms with Crippen LogP contribution in [0.5, 0.6) is 0 Å². The number of carbonyl (C=O) groups excluding carboxylic acids is 1. The summed E-state index contributed by atoms with van der Waals surface area (Å²) in [5, 5.41) is 18.7. The van der Waals surface area contributed by atoms with Crippen LogP contribution in [-0.2, 0) is 11.2 Å². The van der Waals surface area contributed by atoms with E-state index in [1.165, 1.54) is 5.56 Å². The van der Waals surface area contributed by atoms with Crippen molar-refractivity contribution in [3.05, 3.63) is 22.4 Å². The summed E-state index contributed by atoms with van der Waals surface area (Å²) in [6.45, 7) is 1.96. The van der Waals surface area contributed by atoms with Gasteiger partial charge in [0.1, 0.15) is 5.41 Å². The Balaban J connectivity index is 1.92. The predicted molar refractivity (Wildman–Crippen MR) is 70.7 cm³/mol. The molecule has 1 heterocycles. The van der Waals surface area contributed by atoms with Gasteiger partial charge in [0, 0.05) is 6.04 Å². The first-order valence-corrected chi connectivity index (χ1v) is 6.83. The quantitative estimate of drug-likeness (QED) is 0.325. The molecule has 1 aliphatic rings. The van der Waals surface area contributed by atoms with Crippen molar-refractivity contribution in [2.45, 2.75) is 32.2 Å². The van der Waals surface area contributed by atoms with Gasteiger partial charge in [0.15, 0.2) is 5.84 Å². The standard InChI is InChI=1S/C12H17N3O2S/c1-8(6-9-2-5-18-7-9)14-11(16)12(3-4-12)10(13)15-17/h2,5,7-8,17H,3-4,6H2,1H3,(H2,13,15)(H,14,16). The Morgan fingerprint density at radius 2 is 2.44 bits per heavy atom. The summed E-state index contributed by atoms with van der Waals surface area (Å²) in [5.74, 6) is -0.122. The van der Waals surface area contributed by atoms with Gasteiger partial charge in [-0.25, -0.2) is 0 Å². The molecular weight excluding hydrogens is 250 g/mol. The number of nitrogens with one attached hydrogen (secondary N) is 1. The van der Waals surface area contributed by atoms with Gasteiger partial charge in [-0.1, -0.05) is 5.16 Å². The van der Waals surface area contributed by atoms with E-state index in [2.05, 4.69) is 15.9 Å². The molecule has 4 N–H and O–H groups in total. The molecule has 2 rings (SSSR count). The molecule has 98 valence electrons. The Morgan fingerprint density at radius 3 is 2.94 bits per heavy atom. The smallest absolute Gasteiger partial charge is 0.234 e. The highest BCUT2D eigenvalue weighted by Gasteiger charge is 2.54. The molecule has 0 bridgehead atoms.